The van der Waals surface area contributed by atoms with Crippen LogP contribution in [0.1, 0.15) is 11.4 Å². The van der Waals surface area contributed by atoms with Crippen molar-refractivity contribution in [1.82, 2.24) is 25.4 Å². The lowest BCUT2D eigenvalue weighted by atomic mass is 10.3. The van der Waals surface area contributed by atoms with E-state index in [4.69, 9.17) is 9.63 Å². The first kappa shape index (κ1) is 17.0. The number of carboxylic acid groups (broad SMARTS) is 1. The molecule has 0 saturated heterocycles. The molecule has 0 fully saturated rings. The van der Waals surface area contributed by atoms with Crippen LogP contribution in [0.3, 0.4) is 0 Å². The Morgan fingerprint density at radius 3 is 2.84 bits per heavy atom. The largest absolute Gasteiger partial charge is 0.480 e. The zero-order chi connectivity index (χ0) is 17.6. The van der Waals surface area contributed by atoms with Gasteiger partial charge in [-0.2, -0.15) is 4.98 Å². The highest BCUT2D eigenvalue weighted by atomic mass is 32.1. The predicted octanol–water partition coefficient (Wildman–Crippen LogP) is 1.40. The first-order chi connectivity index (χ1) is 12.1. The first-order valence-electron chi connectivity index (χ1n) is 7.43. The summed E-state index contributed by atoms with van der Waals surface area (Å²) < 4.78 is 5.22. The molecule has 0 amide bonds. The number of carbonyl (C=O) groups is 1. The van der Waals surface area contributed by atoms with E-state index in [1.54, 1.807) is 30.8 Å². The van der Waals surface area contributed by atoms with Crippen molar-refractivity contribution in [3.05, 3.63) is 41.3 Å². The normalized spacial score (nSPS) is 10.8. The summed E-state index contributed by atoms with van der Waals surface area (Å²) in [5.74, 6) is 0.520. The number of aliphatic carboxylic acids is 1. The number of carboxylic acids is 1. The van der Waals surface area contributed by atoms with Crippen molar-refractivity contribution in [3.63, 3.8) is 0 Å². The summed E-state index contributed by atoms with van der Waals surface area (Å²) in [6.07, 6.45) is 3.31. The van der Waals surface area contributed by atoms with Crippen LogP contribution in [0.5, 0.6) is 0 Å². The molecule has 0 aliphatic heterocycles. The number of nitrogens with one attached hydrogen (secondary N) is 1. The molecular formula is C15H16N6O3S. The molecule has 0 bridgehead atoms. The Balaban J connectivity index is 1.50. The van der Waals surface area contributed by atoms with E-state index < -0.39 is 5.97 Å². The fourth-order valence-electron chi connectivity index (χ4n) is 2.05. The van der Waals surface area contributed by atoms with Crippen molar-refractivity contribution in [2.45, 2.75) is 13.1 Å². The molecule has 0 aliphatic rings. The highest BCUT2D eigenvalue weighted by Crippen LogP contribution is 2.22. The molecular weight excluding hydrogens is 344 g/mol. The van der Waals surface area contributed by atoms with E-state index in [0.717, 1.165) is 10.4 Å². The van der Waals surface area contributed by atoms with Gasteiger partial charge in [0, 0.05) is 31.5 Å². The third-order valence-electron chi connectivity index (χ3n) is 3.22. The number of aromatic nitrogens is 4. The minimum absolute atomic E-state index is 0.151. The van der Waals surface area contributed by atoms with E-state index in [2.05, 4.69) is 25.4 Å². The molecule has 2 N–H and O–H groups in total. The predicted molar refractivity (Wildman–Crippen MR) is 91.1 cm³/mol. The highest BCUT2D eigenvalue weighted by Gasteiger charge is 2.10. The second-order valence-corrected chi connectivity index (χ2v) is 6.19. The maximum absolute atomic E-state index is 10.7. The van der Waals surface area contributed by atoms with Gasteiger partial charge in [0.15, 0.2) is 5.82 Å². The molecule has 3 rings (SSSR count). The molecule has 0 saturated carbocycles. The summed E-state index contributed by atoms with van der Waals surface area (Å²) in [4.78, 5) is 25.7. The SMILES string of the molecule is CN(CC(=O)O)c1ncc(CNCc2noc(-c3cccs3)n2)cn1. The highest BCUT2D eigenvalue weighted by molar-refractivity contribution is 7.13. The Bertz CT molecular complexity index is 818. The summed E-state index contributed by atoms with van der Waals surface area (Å²) in [6.45, 7) is 0.837. The summed E-state index contributed by atoms with van der Waals surface area (Å²) in [7, 11) is 1.63. The number of rotatable bonds is 8. The minimum Gasteiger partial charge on any atom is -0.480 e. The maximum Gasteiger partial charge on any atom is 0.323 e. The minimum atomic E-state index is -0.932. The molecule has 3 aromatic rings. The van der Waals surface area contributed by atoms with Crippen LogP contribution in [-0.2, 0) is 17.9 Å². The average molecular weight is 360 g/mol. The Hall–Kier alpha value is -2.85. The van der Waals surface area contributed by atoms with E-state index >= 15 is 0 Å². The van der Waals surface area contributed by atoms with Gasteiger partial charge >= 0.3 is 5.97 Å². The number of likely N-dealkylation sites (N-methyl/N-ethyl adjacent to an activating group) is 1. The molecule has 0 radical (unpaired) electrons. The molecule has 0 spiro atoms. The van der Waals surface area contributed by atoms with E-state index in [1.807, 2.05) is 17.5 Å². The summed E-state index contributed by atoms with van der Waals surface area (Å²) >= 11 is 1.54. The standard InChI is InChI=1S/C15H16N6O3S/c1-21(9-13(22)23)15-17-6-10(7-18-15)5-16-8-12-19-14(24-20-12)11-3-2-4-25-11/h2-4,6-7,16H,5,8-9H2,1H3,(H,22,23). The van der Waals surface area contributed by atoms with Crippen LogP contribution in [-0.4, -0.2) is 44.8 Å². The number of thiophene rings is 1. The van der Waals surface area contributed by atoms with Gasteiger partial charge in [0.25, 0.3) is 5.89 Å². The topological polar surface area (TPSA) is 117 Å². The van der Waals surface area contributed by atoms with Gasteiger partial charge in [-0.05, 0) is 11.4 Å². The molecule has 0 atom stereocenters. The summed E-state index contributed by atoms with van der Waals surface area (Å²) in [5.41, 5.74) is 0.870. The summed E-state index contributed by atoms with van der Waals surface area (Å²) in [5, 5.41) is 17.8. The van der Waals surface area contributed by atoms with Crippen LogP contribution in [0, 0.1) is 0 Å². The van der Waals surface area contributed by atoms with E-state index in [9.17, 15) is 4.79 Å². The second kappa shape index (κ2) is 7.81. The molecule has 25 heavy (non-hydrogen) atoms. The molecule has 130 valence electrons. The Labute approximate surface area is 147 Å². The molecule has 9 nitrogen and oxygen atoms in total. The first-order valence-corrected chi connectivity index (χ1v) is 8.31. The van der Waals surface area contributed by atoms with Gasteiger partial charge < -0.3 is 19.8 Å². The van der Waals surface area contributed by atoms with E-state index in [-0.39, 0.29) is 6.54 Å². The number of hydrogen-bond donors (Lipinski definition) is 2. The van der Waals surface area contributed by atoms with Gasteiger partial charge in [0.2, 0.25) is 5.95 Å². The van der Waals surface area contributed by atoms with Crippen LogP contribution in [0.25, 0.3) is 10.8 Å². The Kier molecular flexibility index (Phi) is 5.31. The van der Waals surface area contributed by atoms with Crippen molar-refractivity contribution in [2.75, 3.05) is 18.5 Å². The van der Waals surface area contributed by atoms with Crippen LogP contribution in [0.2, 0.25) is 0 Å². The number of anilines is 1. The van der Waals surface area contributed by atoms with Crippen molar-refractivity contribution in [2.24, 2.45) is 0 Å². The van der Waals surface area contributed by atoms with Crippen molar-refractivity contribution < 1.29 is 14.4 Å². The lowest BCUT2D eigenvalue weighted by Crippen LogP contribution is -2.26. The molecule has 3 heterocycles. The summed E-state index contributed by atoms with van der Waals surface area (Å²) in [6, 6.07) is 3.86. The molecule has 3 aromatic heterocycles. The van der Waals surface area contributed by atoms with Gasteiger partial charge in [0.05, 0.1) is 11.4 Å². The van der Waals surface area contributed by atoms with Crippen molar-refractivity contribution in [1.29, 1.82) is 0 Å². The van der Waals surface area contributed by atoms with Gasteiger partial charge in [0.1, 0.15) is 6.54 Å². The van der Waals surface area contributed by atoms with E-state index in [0.29, 0.717) is 30.8 Å². The third kappa shape index (κ3) is 4.58. The van der Waals surface area contributed by atoms with E-state index in [1.165, 1.54) is 4.90 Å². The fraction of sp³-hybridized carbons (Fsp3) is 0.267. The zero-order valence-electron chi connectivity index (χ0n) is 13.4. The fourth-order valence-corrected chi connectivity index (χ4v) is 2.70. The van der Waals surface area contributed by atoms with Gasteiger partial charge in [-0.3, -0.25) is 4.79 Å². The lowest BCUT2D eigenvalue weighted by Gasteiger charge is -2.14. The molecule has 0 unspecified atom stereocenters. The lowest BCUT2D eigenvalue weighted by molar-refractivity contribution is -0.135. The zero-order valence-corrected chi connectivity index (χ0v) is 14.2. The van der Waals surface area contributed by atoms with Crippen LogP contribution < -0.4 is 10.2 Å². The van der Waals surface area contributed by atoms with Gasteiger partial charge in [-0.25, -0.2) is 9.97 Å². The molecule has 0 aliphatic carbocycles. The Morgan fingerprint density at radius 2 is 2.16 bits per heavy atom. The Morgan fingerprint density at radius 1 is 1.36 bits per heavy atom. The number of nitrogens with zero attached hydrogens (tertiary/aromatic N) is 5. The quantitative estimate of drug-likeness (QED) is 0.614. The second-order valence-electron chi connectivity index (χ2n) is 5.24. The van der Waals surface area contributed by atoms with Crippen LogP contribution in [0.15, 0.2) is 34.4 Å². The molecule has 10 heteroatoms. The third-order valence-corrected chi connectivity index (χ3v) is 4.08. The van der Waals surface area contributed by atoms with Crippen molar-refractivity contribution >= 4 is 23.3 Å². The van der Waals surface area contributed by atoms with Crippen LogP contribution in [0.4, 0.5) is 5.95 Å². The molecule has 0 aromatic carbocycles. The van der Waals surface area contributed by atoms with Crippen LogP contribution >= 0.6 is 11.3 Å². The number of hydrogen-bond acceptors (Lipinski definition) is 9. The average Bonchev–Trinajstić information content (AvgIpc) is 3.26. The van der Waals surface area contributed by atoms with Gasteiger partial charge in [-0.1, -0.05) is 11.2 Å². The monoisotopic (exact) mass is 360 g/mol. The smallest absolute Gasteiger partial charge is 0.323 e. The van der Waals surface area contributed by atoms with Crippen molar-refractivity contribution in [3.8, 4) is 10.8 Å². The maximum atomic E-state index is 10.7. The van der Waals surface area contributed by atoms with Gasteiger partial charge in [-0.15, -0.1) is 11.3 Å².